The summed E-state index contributed by atoms with van der Waals surface area (Å²) in [6.45, 7) is 0. The van der Waals surface area contributed by atoms with Gasteiger partial charge in [0.15, 0.2) is 0 Å². The van der Waals surface area contributed by atoms with Crippen LogP contribution in [-0.2, 0) is 0 Å². The van der Waals surface area contributed by atoms with E-state index in [9.17, 15) is 5.11 Å². The minimum atomic E-state index is -0.105. The molecule has 1 N–H and O–H groups in total. The van der Waals surface area contributed by atoms with Crippen LogP contribution in [0.2, 0.25) is 0 Å². The third-order valence-corrected chi connectivity index (χ3v) is 5.27. The minimum absolute atomic E-state index is 0.105. The van der Waals surface area contributed by atoms with E-state index in [0.717, 1.165) is 29.6 Å². The fourth-order valence-electron chi connectivity index (χ4n) is 4.74. The van der Waals surface area contributed by atoms with E-state index in [1.165, 1.54) is 25.7 Å². The molecule has 0 aromatic rings. The molecule has 1 nitrogen and oxygen atoms in total. The Balaban J connectivity index is 1.82. The SMILES string of the molecule is OC12C3CCC4CC(C1C3)C42. The van der Waals surface area contributed by atoms with Gasteiger partial charge in [-0.1, -0.05) is 0 Å². The average Bonchev–Trinajstić information content (AvgIpc) is 1.80. The monoisotopic (exact) mass is 150 g/mol. The molecule has 0 heterocycles. The second-order valence-corrected chi connectivity index (χ2v) is 5.19. The Kier molecular flexibility index (Phi) is 0.651. The van der Waals surface area contributed by atoms with Gasteiger partial charge in [0.05, 0.1) is 5.60 Å². The highest BCUT2D eigenvalue weighted by molar-refractivity contribution is 5.27. The first-order chi connectivity index (χ1) is 5.32. The highest BCUT2D eigenvalue weighted by atomic mass is 16.3. The predicted molar refractivity (Wildman–Crippen MR) is 40.9 cm³/mol. The molecular formula is C10H14O. The van der Waals surface area contributed by atoms with E-state index in [1.807, 2.05) is 0 Å². The number of rotatable bonds is 0. The third kappa shape index (κ3) is 0.342. The van der Waals surface area contributed by atoms with Crippen molar-refractivity contribution in [3.63, 3.8) is 0 Å². The first-order valence-corrected chi connectivity index (χ1v) is 5.04. The molecule has 60 valence electrons. The average molecular weight is 150 g/mol. The molecule has 0 aromatic carbocycles. The van der Waals surface area contributed by atoms with Crippen LogP contribution in [0.5, 0.6) is 0 Å². The van der Waals surface area contributed by atoms with Crippen molar-refractivity contribution in [2.45, 2.75) is 31.3 Å². The Bertz CT molecular complexity index is 222. The minimum Gasteiger partial charge on any atom is -0.389 e. The lowest BCUT2D eigenvalue weighted by Gasteiger charge is -2.79. The lowest BCUT2D eigenvalue weighted by molar-refractivity contribution is -0.374. The van der Waals surface area contributed by atoms with Crippen molar-refractivity contribution in [3.05, 3.63) is 0 Å². The van der Waals surface area contributed by atoms with E-state index in [-0.39, 0.29) is 5.60 Å². The maximum absolute atomic E-state index is 10.2. The highest BCUT2D eigenvalue weighted by Gasteiger charge is 2.78. The van der Waals surface area contributed by atoms with Crippen LogP contribution in [0.1, 0.15) is 25.7 Å². The van der Waals surface area contributed by atoms with Crippen LogP contribution in [0.4, 0.5) is 0 Å². The van der Waals surface area contributed by atoms with Crippen LogP contribution in [0, 0.1) is 29.6 Å². The molecule has 4 aliphatic rings. The summed E-state index contributed by atoms with van der Waals surface area (Å²) in [5.74, 6) is 4.18. The van der Waals surface area contributed by atoms with Crippen molar-refractivity contribution in [2.24, 2.45) is 29.6 Å². The van der Waals surface area contributed by atoms with Gasteiger partial charge in [-0.2, -0.15) is 0 Å². The molecule has 0 aliphatic heterocycles. The van der Waals surface area contributed by atoms with Crippen LogP contribution < -0.4 is 0 Å². The van der Waals surface area contributed by atoms with Crippen molar-refractivity contribution in [3.8, 4) is 0 Å². The summed E-state index contributed by atoms with van der Waals surface area (Å²) in [5, 5.41) is 10.2. The zero-order valence-corrected chi connectivity index (χ0v) is 6.66. The Labute approximate surface area is 66.8 Å². The molecule has 0 saturated heterocycles. The molecule has 6 atom stereocenters. The standard InChI is InChI=1S/C10H14O/c11-10-6-2-1-5-3-7(9(5)10)8(10)4-6/h5-9,11H,1-4H2. The molecule has 4 saturated carbocycles. The third-order valence-electron chi connectivity index (χ3n) is 5.27. The molecule has 0 bridgehead atoms. The van der Waals surface area contributed by atoms with Gasteiger partial charge in [-0.25, -0.2) is 0 Å². The summed E-state index contributed by atoms with van der Waals surface area (Å²) in [5.41, 5.74) is -0.105. The van der Waals surface area contributed by atoms with Crippen LogP contribution in [0.15, 0.2) is 0 Å². The Hall–Kier alpha value is -0.0400. The van der Waals surface area contributed by atoms with Gasteiger partial charge in [0.25, 0.3) is 0 Å². The largest absolute Gasteiger partial charge is 0.389 e. The fourth-order valence-corrected chi connectivity index (χ4v) is 4.74. The van der Waals surface area contributed by atoms with E-state index in [1.54, 1.807) is 0 Å². The summed E-state index contributed by atoms with van der Waals surface area (Å²) >= 11 is 0. The molecular weight excluding hydrogens is 136 g/mol. The van der Waals surface area contributed by atoms with Gasteiger partial charge >= 0.3 is 0 Å². The first-order valence-electron chi connectivity index (χ1n) is 5.04. The molecule has 0 aromatic heterocycles. The van der Waals surface area contributed by atoms with Gasteiger partial charge in [-0.15, -0.1) is 0 Å². The topological polar surface area (TPSA) is 20.2 Å². The number of fused-ring (bicyclic) bond motifs is 1. The van der Waals surface area contributed by atoms with E-state index >= 15 is 0 Å². The second-order valence-electron chi connectivity index (χ2n) is 5.19. The maximum atomic E-state index is 10.2. The van der Waals surface area contributed by atoms with Crippen molar-refractivity contribution in [1.29, 1.82) is 0 Å². The van der Waals surface area contributed by atoms with Gasteiger partial charge in [0, 0.05) is 0 Å². The quantitative estimate of drug-likeness (QED) is 0.553. The Morgan fingerprint density at radius 1 is 1.18 bits per heavy atom. The predicted octanol–water partition coefficient (Wildman–Crippen LogP) is 1.41. The van der Waals surface area contributed by atoms with Crippen LogP contribution >= 0.6 is 0 Å². The lowest BCUT2D eigenvalue weighted by Crippen LogP contribution is -2.81. The summed E-state index contributed by atoms with van der Waals surface area (Å²) in [4.78, 5) is 0. The lowest BCUT2D eigenvalue weighted by atomic mass is 9.27. The summed E-state index contributed by atoms with van der Waals surface area (Å²) in [6, 6.07) is 0. The molecule has 0 radical (unpaired) electrons. The van der Waals surface area contributed by atoms with Crippen LogP contribution in [0.25, 0.3) is 0 Å². The molecule has 0 spiro atoms. The molecule has 4 aliphatic carbocycles. The maximum Gasteiger partial charge on any atom is 0.0740 e. The summed E-state index contributed by atoms with van der Waals surface area (Å²) in [7, 11) is 0. The number of hydrogen-bond donors (Lipinski definition) is 1. The number of hydrogen-bond acceptors (Lipinski definition) is 1. The normalized spacial score (nSPS) is 75.5. The highest BCUT2D eigenvalue weighted by Crippen LogP contribution is 2.77. The molecule has 11 heavy (non-hydrogen) atoms. The van der Waals surface area contributed by atoms with Crippen molar-refractivity contribution >= 4 is 0 Å². The van der Waals surface area contributed by atoms with E-state index < -0.39 is 0 Å². The Morgan fingerprint density at radius 2 is 2.09 bits per heavy atom. The van der Waals surface area contributed by atoms with Crippen LogP contribution in [0.3, 0.4) is 0 Å². The van der Waals surface area contributed by atoms with Gasteiger partial charge in [0.1, 0.15) is 0 Å². The van der Waals surface area contributed by atoms with Gasteiger partial charge in [-0.05, 0) is 55.3 Å². The molecule has 1 heteroatoms. The van der Waals surface area contributed by atoms with Crippen molar-refractivity contribution in [1.82, 2.24) is 0 Å². The zero-order chi connectivity index (χ0) is 7.22. The first kappa shape index (κ1) is 5.58. The molecule has 6 unspecified atom stereocenters. The summed E-state index contributed by atoms with van der Waals surface area (Å²) < 4.78 is 0. The van der Waals surface area contributed by atoms with Gasteiger partial charge in [-0.3, -0.25) is 0 Å². The van der Waals surface area contributed by atoms with E-state index in [4.69, 9.17) is 0 Å². The van der Waals surface area contributed by atoms with Gasteiger partial charge in [0.2, 0.25) is 0 Å². The van der Waals surface area contributed by atoms with E-state index in [0.29, 0.717) is 0 Å². The van der Waals surface area contributed by atoms with Crippen molar-refractivity contribution < 1.29 is 5.11 Å². The second kappa shape index (κ2) is 1.28. The molecule has 0 amide bonds. The summed E-state index contributed by atoms with van der Waals surface area (Å²) in [6.07, 6.45) is 5.59. The zero-order valence-electron chi connectivity index (χ0n) is 6.66. The number of aliphatic hydroxyl groups is 1. The fraction of sp³-hybridized carbons (Fsp3) is 1.00. The Morgan fingerprint density at radius 3 is 2.91 bits per heavy atom. The smallest absolute Gasteiger partial charge is 0.0740 e. The van der Waals surface area contributed by atoms with E-state index in [2.05, 4.69) is 0 Å². The molecule has 4 fully saturated rings. The van der Waals surface area contributed by atoms with Crippen LogP contribution in [-0.4, -0.2) is 10.7 Å². The van der Waals surface area contributed by atoms with Gasteiger partial charge < -0.3 is 5.11 Å². The van der Waals surface area contributed by atoms with Crippen molar-refractivity contribution in [2.75, 3.05) is 0 Å². The molecule has 4 rings (SSSR count).